The highest BCUT2D eigenvalue weighted by atomic mass is 16.7. The van der Waals surface area contributed by atoms with Crippen LogP contribution >= 0.6 is 0 Å². The molecule has 0 heterocycles. The second-order valence-corrected chi connectivity index (χ2v) is 1.81. The molecule has 4 heteroatoms. The van der Waals surface area contributed by atoms with E-state index in [0.717, 1.165) is 12.2 Å². The third-order valence-corrected chi connectivity index (χ3v) is 0.773. The lowest BCUT2D eigenvalue weighted by molar-refractivity contribution is -0.148. The monoisotopic (exact) mass is 158 g/mol. The molecule has 0 aliphatic carbocycles. The normalized spacial score (nSPS) is 10.0. The zero-order valence-corrected chi connectivity index (χ0v) is 6.49. The Morgan fingerprint density at radius 3 is 2.45 bits per heavy atom. The first-order valence-electron chi connectivity index (χ1n) is 3.01. The van der Waals surface area contributed by atoms with Crippen LogP contribution in [0.15, 0.2) is 12.2 Å². The van der Waals surface area contributed by atoms with Crippen molar-refractivity contribution in [2.45, 2.75) is 6.92 Å². The van der Waals surface area contributed by atoms with Crippen LogP contribution in [0.5, 0.6) is 0 Å². The maximum atomic E-state index is 10.6. The van der Waals surface area contributed by atoms with Gasteiger partial charge in [0.25, 0.3) is 0 Å². The highest BCUT2D eigenvalue weighted by Crippen LogP contribution is 1.82. The van der Waals surface area contributed by atoms with Crippen LogP contribution in [-0.2, 0) is 19.1 Å². The van der Waals surface area contributed by atoms with E-state index in [0.29, 0.717) is 0 Å². The molecule has 0 radical (unpaired) electrons. The molecule has 0 atom stereocenters. The van der Waals surface area contributed by atoms with Crippen LogP contribution in [0.3, 0.4) is 0 Å². The molecule has 0 saturated carbocycles. The van der Waals surface area contributed by atoms with E-state index in [9.17, 15) is 9.59 Å². The molecule has 4 nitrogen and oxygen atoms in total. The van der Waals surface area contributed by atoms with E-state index in [4.69, 9.17) is 0 Å². The van der Waals surface area contributed by atoms with Crippen LogP contribution in [0, 0.1) is 0 Å². The summed E-state index contributed by atoms with van der Waals surface area (Å²) in [6.45, 7) is 1.25. The van der Waals surface area contributed by atoms with Crippen LogP contribution in [0.4, 0.5) is 0 Å². The molecule has 0 aliphatic rings. The second-order valence-electron chi connectivity index (χ2n) is 1.81. The summed E-state index contributed by atoms with van der Waals surface area (Å²) in [5.41, 5.74) is 0. The van der Waals surface area contributed by atoms with Gasteiger partial charge in [0.15, 0.2) is 12.6 Å². The molecule has 0 fully saturated rings. The minimum atomic E-state index is -0.581. The van der Waals surface area contributed by atoms with E-state index in [1.165, 1.54) is 14.0 Å². The number of methoxy groups -OCH3 is 1. The Kier molecular flexibility index (Phi) is 5.02. The molecule has 11 heavy (non-hydrogen) atoms. The molecule has 0 unspecified atom stereocenters. The van der Waals surface area contributed by atoms with E-state index in [-0.39, 0.29) is 12.6 Å². The zero-order chi connectivity index (χ0) is 8.69. The van der Waals surface area contributed by atoms with Gasteiger partial charge in [-0.1, -0.05) is 0 Å². The fourth-order valence-electron chi connectivity index (χ4n) is 0.351. The predicted molar refractivity (Wildman–Crippen MR) is 37.8 cm³/mol. The minimum Gasteiger partial charge on any atom is -0.435 e. The molecule has 0 aliphatic heterocycles. The molecule has 0 N–H and O–H groups in total. The summed E-state index contributed by atoms with van der Waals surface area (Å²) < 4.78 is 8.90. The first-order chi connectivity index (χ1) is 5.16. The lowest BCUT2D eigenvalue weighted by Gasteiger charge is -1.96. The molecule has 0 saturated heterocycles. The van der Waals surface area contributed by atoms with Crippen molar-refractivity contribution >= 4 is 11.8 Å². The van der Waals surface area contributed by atoms with Crippen LogP contribution in [0.25, 0.3) is 0 Å². The Hall–Kier alpha value is -1.16. The van der Waals surface area contributed by atoms with E-state index in [1.807, 2.05) is 0 Å². The lowest BCUT2D eigenvalue weighted by Crippen LogP contribution is -2.03. The van der Waals surface area contributed by atoms with Crippen molar-refractivity contribution in [3.8, 4) is 0 Å². The summed E-state index contributed by atoms with van der Waals surface area (Å²) in [6.07, 6.45) is 2.19. The summed E-state index contributed by atoms with van der Waals surface area (Å²) in [6, 6.07) is 0. The molecular formula is C7H10O4. The average molecular weight is 158 g/mol. The Balaban J connectivity index is 3.60. The Morgan fingerprint density at radius 2 is 2.00 bits per heavy atom. The van der Waals surface area contributed by atoms with Gasteiger partial charge >= 0.3 is 5.97 Å². The summed E-state index contributed by atoms with van der Waals surface area (Å²) >= 11 is 0. The Morgan fingerprint density at radius 1 is 1.36 bits per heavy atom. The average Bonchev–Trinajstić information content (AvgIpc) is 1.97. The first-order valence-corrected chi connectivity index (χ1v) is 3.01. The fraction of sp³-hybridized carbons (Fsp3) is 0.429. The molecule has 0 aromatic rings. The molecule has 0 aromatic heterocycles. The molecule has 0 amide bonds. The van der Waals surface area contributed by atoms with Gasteiger partial charge in [0.1, 0.15) is 0 Å². The van der Waals surface area contributed by atoms with Gasteiger partial charge < -0.3 is 9.47 Å². The molecule has 62 valence electrons. The van der Waals surface area contributed by atoms with Crippen molar-refractivity contribution in [2.24, 2.45) is 0 Å². The van der Waals surface area contributed by atoms with Crippen molar-refractivity contribution in [2.75, 3.05) is 13.9 Å². The van der Waals surface area contributed by atoms with Crippen LogP contribution < -0.4 is 0 Å². The lowest BCUT2D eigenvalue weighted by atomic mass is 10.4. The molecule has 0 spiro atoms. The van der Waals surface area contributed by atoms with Crippen molar-refractivity contribution in [1.29, 1.82) is 0 Å². The van der Waals surface area contributed by atoms with Gasteiger partial charge in [-0.2, -0.15) is 0 Å². The maximum Gasteiger partial charge on any atom is 0.332 e. The third kappa shape index (κ3) is 6.73. The van der Waals surface area contributed by atoms with Gasteiger partial charge in [-0.3, -0.25) is 4.79 Å². The number of allylic oxidation sites excluding steroid dienone is 1. The quantitative estimate of drug-likeness (QED) is 0.335. The highest BCUT2D eigenvalue weighted by Gasteiger charge is 1.94. The van der Waals surface area contributed by atoms with Gasteiger partial charge in [-0.05, 0) is 13.0 Å². The van der Waals surface area contributed by atoms with Gasteiger partial charge in [0.2, 0.25) is 0 Å². The molecule has 0 bridgehead atoms. The van der Waals surface area contributed by atoms with Gasteiger partial charge in [-0.15, -0.1) is 0 Å². The summed E-state index contributed by atoms with van der Waals surface area (Å²) in [7, 11) is 1.40. The standard InChI is InChI=1S/C7H10O4/c1-6(8)3-4-7(9)11-5-10-2/h3-4H,5H2,1-2H3. The number of ketones is 1. The van der Waals surface area contributed by atoms with Crippen molar-refractivity contribution in [3.63, 3.8) is 0 Å². The number of hydrogen-bond donors (Lipinski definition) is 0. The van der Waals surface area contributed by atoms with Crippen molar-refractivity contribution in [1.82, 2.24) is 0 Å². The van der Waals surface area contributed by atoms with E-state index >= 15 is 0 Å². The number of rotatable bonds is 4. The van der Waals surface area contributed by atoms with Crippen LogP contribution in [0.1, 0.15) is 6.92 Å². The van der Waals surface area contributed by atoms with Gasteiger partial charge in [0.05, 0.1) is 0 Å². The SMILES string of the molecule is COCOC(=O)C=CC(C)=O. The van der Waals surface area contributed by atoms with E-state index in [2.05, 4.69) is 9.47 Å². The summed E-state index contributed by atoms with van der Waals surface area (Å²) in [5.74, 6) is -0.776. The maximum absolute atomic E-state index is 10.6. The van der Waals surface area contributed by atoms with Crippen molar-refractivity contribution < 1.29 is 19.1 Å². The third-order valence-electron chi connectivity index (χ3n) is 0.773. The molecule has 0 rings (SSSR count). The predicted octanol–water partition coefficient (Wildman–Crippen LogP) is 0.279. The largest absolute Gasteiger partial charge is 0.435 e. The Labute approximate surface area is 64.8 Å². The number of carbonyl (C=O) groups is 2. The number of hydrogen-bond acceptors (Lipinski definition) is 4. The second kappa shape index (κ2) is 5.61. The van der Waals surface area contributed by atoms with Crippen molar-refractivity contribution in [3.05, 3.63) is 12.2 Å². The summed E-state index contributed by atoms with van der Waals surface area (Å²) in [4.78, 5) is 20.9. The van der Waals surface area contributed by atoms with Gasteiger partial charge in [0, 0.05) is 13.2 Å². The van der Waals surface area contributed by atoms with Crippen LogP contribution in [0.2, 0.25) is 0 Å². The van der Waals surface area contributed by atoms with E-state index < -0.39 is 5.97 Å². The fourth-order valence-corrected chi connectivity index (χ4v) is 0.351. The molecule has 0 aromatic carbocycles. The topological polar surface area (TPSA) is 52.6 Å². The smallest absolute Gasteiger partial charge is 0.332 e. The minimum absolute atomic E-state index is 0.0962. The first kappa shape index (κ1) is 9.84. The zero-order valence-electron chi connectivity index (χ0n) is 6.49. The van der Waals surface area contributed by atoms with E-state index in [1.54, 1.807) is 0 Å². The number of ether oxygens (including phenoxy) is 2. The summed E-state index contributed by atoms with van der Waals surface area (Å²) in [5, 5.41) is 0. The van der Waals surface area contributed by atoms with Crippen LogP contribution in [-0.4, -0.2) is 25.7 Å². The van der Waals surface area contributed by atoms with Gasteiger partial charge in [-0.25, -0.2) is 4.79 Å². The number of esters is 1. The number of carbonyl (C=O) groups excluding carboxylic acids is 2. The Bertz CT molecular complexity index is 171. The molecular weight excluding hydrogens is 148 g/mol. The highest BCUT2D eigenvalue weighted by molar-refractivity contribution is 5.94.